The third-order valence-electron chi connectivity index (χ3n) is 5.46. The molecule has 0 spiro atoms. The van der Waals surface area contributed by atoms with Gasteiger partial charge in [0.25, 0.3) is 5.56 Å². The van der Waals surface area contributed by atoms with E-state index < -0.39 is 0 Å². The first-order chi connectivity index (χ1) is 13.1. The largest absolute Gasteiger partial charge is 0.306 e. The zero-order chi connectivity index (χ0) is 18.8. The number of hydrogen-bond acceptors (Lipinski definition) is 3. The normalized spacial score (nSPS) is 18.5. The highest BCUT2D eigenvalue weighted by Gasteiger charge is 2.21. The van der Waals surface area contributed by atoms with E-state index in [1.807, 2.05) is 24.3 Å². The number of likely N-dealkylation sites (tertiary alicyclic amines) is 1. The minimum atomic E-state index is -0.246. The Morgan fingerprint density at radius 1 is 1.04 bits per heavy atom. The molecule has 0 radical (unpaired) electrons. The Bertz CT molecular complexity index is 997. The van der Waals surface area contributed by atoms with E-state index >= 15 is 0 Å². The number of benzene rings is 2. The smallest absolute Gasteiger partial charge is 0.274 e. The van der Waals surface area contributed by atoms with Gasteiger partial charge in [0.15, 0.2) is 0 Å². The molecule has 27 heavy (non-hydrogen) atoms. The van der Waals surface area contributed by atoms with Gasteiger partial charge in [0.1, 0.15) is 5.82 Å². The molecule has 0 N–H and O–H groups in total. The second-order valence-electron chi connectivity index (χ2n) is 7.43. The number of rotatable bonds is 3. The second kappa shape index (κ2) is 7.61. The van der Waals surface area contributed by atoms with Crippen molar-refractivity contribution in [2.45, 2.75) is 31.7 Å². The van der Waals surface area contributed by atoms with Crippen LogP contribution >= 0.6 is 0 Å². The Labute approximate surface area is 158 Å². The third kappa shape index (κ3) is 3.78. The van der Waals surface area contributed by atoms with E-state index in [-0.39, 0.29) is 17.4 Å². The van der Waals surface area contributed by atoms with Crippen LogP contribution in [0, 0.1) is 5.82 Å². The van der Waals surface area contributed by atoms with E-state index in [0.717, 1.165) is 49.0 Å². The number of halogens is 1. The van der Waals surface area contributed by atoms with Gasteiger partial charge in [-0.25, -0.2) is 9.07 Å². The van der Waals surface area contributed by atoms with Crippen LogP contribution in [0.15, 0.2) is 53.3 Å². The molecule has 1 aromatic heterocycles. The highest BCUT2D eigenvalue weighted by atomic mass is 19.1. The number of hydrogen-bond donors (Lipinski definition) is 0. The topological polar surface area (TPSA) is 38.1 Å². The first-order valence-corrected chi connectivity index (χ1v) is 9.55. The van der Waals surface area contributed by atoms with Gasteiger partial charge in [-0.3, -0.25) is 4.79 Å². The molecule has 2 aromatic carbocycles. The molecule has 4 rings (SSSR count). The van der Waals surface area contributed by atoms with Crippen molar-refractivity contribution in [1.82, 2.24) is 14.7 Å². The van der Waals surface area contributed by atoms with Crippen LogP contribution in [-0.2, 0) is 6.42 Å². The van der Waals surface area contributed by atoms with Gasteiger partial charge in [-0.05, 0) is 63.2 Å². The van der Waals surface area contributed by atoms with Crippen molar-refractivity contribution in [3.8, 4) is 0 Å². The molecular weight excluding hydrogens is 341 g/mol. The molecule has 1 fully saturated rings. The average molecular weight is 365 g/mol. The van der Waals surface area contributed by atoms with E-state index in [4.69, 9.17) is 5.10 Å². The summed E-state index contributed by atoms with van der Waals surface area (Å²) in [7, 11) is 2.12. The molecule has 0 bridgehead atoms. The first kappa shape index (κ1) is 17.9. The average Bonchev–Trinajstić information content (AvgIpc) is 2.90. The molecule has 4 nitrogen and oxygen atoms in total. The summed E-state index contributed by atoms with van der Waals surface area (Å²) in [6.07, 6.45) is 3.53. The van der Waals surface area contributed by atoms with Crippen molar-refractivity contribution >= 4 is 10.8 Å². The van der Waals surface area contributed by atoms with Gasteiger partial charge in [0, 0.05) is 11.8 Å². The Morgan fingerprint density at radius 2 is 1.78 bits per heavy atom. The van der Waals surface area contributed by atoms with Crippen molar-refractivity contribution in [1.29, 1.82) is 0 Å². The van der Waals surface area contributed by atoms with Crippen molar-refractivity contribution in [3.63, 3.8) is 0 Å². The van der Waals surface area contributed by atoms with Crippen LogP contribution in [0.1, 0.15) is 36.6 Å². The van der Waals surface area contributed by atoms with E-state index in [1.54, 1.807) is 16.8 Å². The molecular formula is C22H24FN3O. The molecule has 3 aromatic rings. The maximum atomic E-state index is 13.2. The third-order valence-corrected chi connectivity index (χ3v) is 5.46. The Morgan fingerprint density at radius 3 is 2.56 bits per heavy atom. The maximum Gasteiger partial charge on any atom is 0.274 e. The highest BCUT2D eigenvalue weighted by molar-refractivity contribution is 5.83. The van der Waals surface area contributed by atoms with Crippen LogP contribution in [0.5, 0.6) is 0 Å². The number of fused-ring (bicyclic) bond motifs is 1. The summed E-state index contributed by atoms with van der Waals surface area (Å²) in [6, 6.07) is 14.3. The van der Waals surface area contributed by atoms with E-state index in [9.17, 15) is 9.18 Å². The lowest BCUT2D eigenvalue weighted by Gasteiger charge is -2.19. The summed E-state index contributed by atoms with van der Waals surface area (Å²) in [6.45, 7) is 2.03. The van der Waals surface area contributed by atoms with Crippen molar-refractivity contribution < 1.29 is 4.39 Å². The molecule has 1 aliphatic rings. The lowest BCUT2D eigenvalue weighted by atomic mass is 10.0. The molecule has 1 aliphatic heterocycles. The molecule has 1 atom stereocenters. The van der Waals surface area contributed by atoms with E-state index in [2.05, 4.69) is 11.9 Å². The fraction of sp³-hybridized carbons (Fsp3) is 0.364. The Balaban J connectivity index is 1.79. The maximum absolute atomic E-state index is 13.2. The molecule has 0 aliphatic carbocycles. The lowest BCUT2D eigenvalue weighted by Crippen LogP contribution is -2.29. The van der Waals surface area contributed by atoms with E-state index in [1.165, 1.54) is 12.1 Å². The molecule has 1 saturated heterocycles. The Kier molecular flexibility index (Phi) is 5.03. The SMILES string of the molecule is CN1CCCC(n2nc(Cc3ccc(F)cc3)c3ccccc3c2=O)CC1. The predicted molar refractivity (Wildman–Crippen MR) is 106 cm³/mol. The van der Waals surface area contributed by atoms with Crippen LogP contribution in [0.4, 0.5) is 4.39 Å². The number of nitrogens with zero attached hydrogens (tertiary/aromatic N) is 3. The monoisotopic (exact) mass is 365 g/mol. The molecule has 140 valence electrons. The van der Waals surface area contributed by atoms with Gasteiger partial charge >= 0.3 is 0 Å². The van der Waals surface area contributed by atoms with Gasteiger partial charge in [0.05, 0.1) is 17.1 Å². The summed E-state index contributed by atoms with van der Waals surface area (Å²) in [5.41, 5.74) is 1.84. The minimum absolute atomic E-state index is 0.0111. The zero-order valence-electron chi connectivity index (χ0n) is 15.6. The van der Waals surface area contributed by atoms with Gasteiger partial charge < -0.3 is 4.90 Å². The van der Waals surface area contributed by atoms with Crippen LogP contribution in [0.2, 0.25) is 0 Å². The summed E-state index contributed by atoms with van der Waals surface area (Å²) in [5.74, 6) is -0.246. The first-order valence-electron chi connectivity index (χ1n) is 9.55. The van der Waals surface area contributed by atoms with Crippen LogP contribution in [0.3, 0.4) is 0 Å². The van der Waals surface area contributed by atoms with Crippen LogP contribution in [-0.4, -0.2) is 34.8 Å². The number of aromatic nitrogens is 2. The van der Waals surface area contributed by atoms with Gasteiger partial charge in [0.2, 0.25) is 0 Å². The summed E-state index contributed by atoms with van der Waals surface area (Å²) >= 11 is 0. The molecule has 5 heteroatoms. The minimum Gasteiger partial charge on any atom is -0.306 e. The summed E-state index contributed by atoms with van der Waals surface area (Å²) in [4.78, 5) is 15.4. The molecule has 0 saturated carbocycles. The van der Waals surface area contributed by atoms with Crippen molar-refractivity contribution in [2.24, 2.45) is 0 Å². The van der Waals surface area contributed by atoms with E-state index in [0.29, 0.717) is 11.8 Å². The fourth-order valence-corrected chi connectivity index (χ4v) is 3.91. The fourth-order valence-electron chi connectivity index (χ4n) is 3.91. The van der Waals surface area contributed by atoms with Gasteiger partial charge in [-0.15, -0.1) is 0 Å². The Hall–Kier alpha value is -2.53. The lowest BCUT2D eigenvalue weighted by molar-refractivity contribution is 0.334. The highest BCUT2D eigenvalue weighted by Crippen LogP contribution is 2.23. The van der Waals surface area contributed by atoms with Crippen molar-refractivity contribution in [2.75, 3.05) is 20.1 Å². The van der Waals surface area contributed by atoms with Crippen LogP contribution < -0.4 is 5.56 Å². The van der Waals surface area contributed by atoms with Gasteiger partial charge in [-0.1, -0.05) is 30.3 Å². The molecule has 2 heterocycles. The predicted octanol–water partition coefficient (Wildman–Crippen LogP) is 3.78. The zero-order valence-corrected chi connectivity index (χ0v) is 15.6. The van der Waals surface area contributed by atoms with Gasteiger partial charge in [-0.2, -0.15) is 5.10 Å². The standard InChI is InChI=1S/C22H24FN3O/c1-25-13-4-5-18(12-14-25)26-22(27)20-7-3-2-6-19(20)21(24-26)15-16-8-10-17(23)11-9-16/h2-3,6-11,18H,4-5,12-15H2,1H3. The van der Waals surface area contributed by atoms with Crippen molar-refractivity contribution in [3.05, 3.63) is 76.0 Å². The summed E-state index contributed by atoms with van der Waals surface area (Å²) in [5, 5.41) is 6.39. The molecule has 1 unspecified atom stereocenters. The van der Waals surface area contributed by atoms with Crippen LogP contribution in [0.25, 0.3) is 10.8 Å². The quantitative estimate of drug-likeness (QED) is 0.709. The second-order valence-corrected chi connectivity index (χ2v) is 7.43. The summed E-state index contributed by atoms with van der Waals surface area (Å²) < 4.78 is 15.0. The molecule has 0 amide bonds.